The third kappa shape index (κ3) is 5.51. The van der Waals surface area contributed by atoms with Crippen LogP contribution in [0, 0.1) is 20.2 Å². The van der Waals surface area contributed by atoms with Crippen LogP contribution in [0.15, 0.2) is 18.2 Å². The number of non-ortho nitro benzene ring substituents is 1. The summed E-state index contributed by atoms with van der Waals surface area (Å²) in [6.45, 7) is 0.846. The predicted octanol–water partition coefficient (Wildman–Crippen LogP) is 1.09. The molecule has 0 atom stereocenters. The number of rotatable bonds is 9. The van der Waals surface area contributed by atoms with Gasteiger partial charge in [-0.3, -0.25) is 25.0 Å². The van der Waals surface area contributed by atoms with Crippen LogP contribution < -0.4 is 10.2 Å². The summed E-state index contributed by atoms with van der Waals surface area (Å²) >= 11 is 0. The SMILES string of the molecule is COCCCNC(=O)CN(C)c1ccc([N+](=O)[O-])cc1[N+](=O)[O-]. The predicted molar refractivity (Wildman–Crippen MR) is 82.5 cm³/mol. The summed E-state index contributed by atoms with van der Waals surface area (Å²) in [4.78, 5) is 33.5. The number of methoxy groups -OCH3 is 1. The van der Waals surface area contributed by atoms with E-state index < -0.39 is 15.5 Å². The standard InChI is InChI=1S/C13H18N4O6/c1-15(9-13(18)14-6-3-7-23-2)11-5-4-10(16(19)20)8-12(11)17(21)22/h4-5,8H,3,6-7,9H2,1-2H3,(H,14,18). The maximum absolute atomic E-state index is 11.8. The molecule has 1 aromatic rings. The van der Waals surface area contributed by atoms with Gasteiger partial charge in [-0.1, -0.05) is 0 Å². The lowest BCUT2D eigenvalue weighted by atomic mass is 10.2. The summed E-state index contributed by atoms with van der Waals surface area (Å²) < 4.78 is 4.85. The molecule has 1 aromatic carbocycles. The second-order valence-electron chi connectivity index (χ2n) is 4.74. The number of nitro benzene ring substituents is 2. The largest absolute Gasteiger partial charge is 0.385 e. The van der Waals surface area contributed by atoms with E-state index in [2.05, 4.69) is 5.32 Å². The van der Waals surface area contributed by atoms with E-state index in [9.17, 15) is 25.0 Å². The summed E-state index contributed by atoms with van der Waals surface area (Å²) in [6, 6.07) is 3.30. The number of nitrogens with one attached hydrogen (secondary N) is 1. The molecule has 0 aromatic heterocycles. The van der Waals surface area contributed by atoms with Crippen LogP contribution in [0.3, 0.4) is 0 Å². The van der Waals surface area contributed by atoms with Gasteiger partial charge in [0.1, 0.15) is 5.69 Å². The number of nitrogens with zero attached hydrogens (tertiary/aromatic N) is 3. The first-order chi connectivity index (χ1) is 10.9. The fourth-order valence-electron chi connectivity index (χ4n) is 1.90. The Morgan fingerprint density at radius 2 is 2.00 bits per heavy atom. The molecule has 10 heteroatoms. The molecule has 23 heavy (non-hydrogen) atoms. The lowest BCUT2D eigenvalue weighted by Gasteiger charge is -2.18. The maximum atomic E-state index is 11.8. The van der Waals surface area contributed by atoms with Gasteiger partial charge in [0.25, 0.3) is 11.4 Å². The Morgan fingerprint density at radius 3 is 2.57 bits per heavy atom. The number of nitro groups is 2. The molecule has 126 valence electrons. The van der Waals surface area contributed by atoms with Gasteiger partial charge in [-0.15, -0.1) is 0 Å². The van der Waals surface area contributed by atoms with Crippen molar-refractivity contribution in [2.45, 2.75) is 6.42 Å². The topological polar surface area (TPSA) is 128 Å². The van der Waals surface area contributed by atoms with E-state index in [4.69, 9.17) is 4.74 Å². The van der Waals surface area contributed by atoms with Crippen molar-refractivity contribution in [3.8, 4) is 0 Å². The molecule has 0 saturated carbocycles. The minimum Gasteiger partial charge on any atom is -0.385 e. The monoisotopic (exact) mass is 326 g/mol. The van der Waals surface area contributed by atoms with Crippen LogP contribution in [0.2, 0.25) is 0 Å². The van der Waals surface area contributed by atoms with E-state index in [1.807, 2.05) is 0 Å². The molecule has 10 nitrogen and oxygen atoms in total. The van der Waals surface area contributed by atoms with Crippen LogP contribution in [-0.2, 0) is 9.53 Å². The van der Waals surface area contributed by atoms with Crippen molar-refractivity contribution in [3.05, 3.63) is 38.4 Å². The Hall–Kier alpha value is -2.75. The fourth-order valence-corrected chi connectivity index (χ4v) is 1.90. The highest BCUT2D eigenvalue weighted by atomic mass is 16.6. The van der Waals surface area contributed by atoms with Crippen LogP contribution in [-0.4, -0.2) is 49.6 Å². The van der Waals surface area contributed by atoms with Gasteiger partial charge in [0, 0.05) is 33.4 Å². The number of ether oxygens (including phenoxy) is 1. The molecular formula is C13H18N4O6. The van der Waals surface area contributed by atoms with E-state index in [0.29, 0.717) is 19.6 Å². The average molecular weight is 326 g/mol. The normalized spacial score (nSPS) is 10.2. The van der Waals surface area contributed by atoms with Crippen LogP contribution >= 0.6 is 0 Å². The molecular weight excluding hydrogens is 308 g/mol. The molecule has 1 rings (SSSR count). The van der Waals surface area contributed by atoms with E-state index in [-0.39, 0.29) is 23.8 Å². The second-order valence-corrected chi connectivity index (χ2v) is 4.74. The summed E-state index contributed by atoms with van der Waals surface area (Å²) in [5.74, 6) is -0.309. The molecule has 0 fully saturated rings. The lowest BCUT2D eigenvalue weighted by Crippen LogP contribution is -2.36. The smallest absolute Gasteiger partial charge is 0.299 e. The van der Waals surface area contributed by atoms with Crippen molar-refractivity contribution < 1.29 is 19.4 Å². The van der Waals surface area contributed by atoms with Crippen LogP contribution in [0.5, 0.6) is 0 Å². The molecule has 1 amide bonds. The number of carbonyl (C=O) groups excluding carboxylic acids is 1. The number of hydrogen-bond acceptors (Lipinski definition) is 7. The van der Waals surface area contributed by atoms with Crippen LogP contribution in [0.4, 0.5) is 17.1 Å². The van der Waals surface area contributed by atoms with E-state index in [1.54, 1.807) is 7.11 Å². The number of likely N-dealkylation sites (N-methyl/N-ethyl adjacent to an activating group) is 1. The summed E-state index contributed by atoms with van der Waals surface area (Å²) in [6.07, 6.45) is 0.656. The summed E-state index contributed by atoms with van der Waals surface area (Å²) in [5, 5.41) is 24.4. The molecule has 1 N–H and O–H groups in total. The Balaban J connectivity index is 2.78. The van der Waals surface area contributed by atoms with Gasteiger partial charge in [0.15, 0.2) is 0 Å². The molecule has 0 aliphatic rings. The highest BCUT2D eigenvalue weighted by Crippen LogP contribution is 2.31. The first-order valence-electron chi connectivity index (χ1n) is 6.76. The zero-order chi connectivity index (χ0) is 17.4. The Bertz CT molecular complexity index is 592. The number of amides is 1. The Labute approximate surface area is 132 Å². The van der Waals surface area contributed by atoms with Crippen molar-refractivity contribution in [1.82, 2.24) is 5.32 Å². The third-order valence-corrected chi connectivity index (χ3v) is 3.01. The van der Waals surface area contributed by atoms with Crippen molar-refractivity contribution in [1.29, 1.82) is 0 Å². The van der Waals surface area contributed by atoms with Gasteiger partial charge < -0.3 is 15.0 Å². The number of hydrogen-bond donors (Lipinski definition) is 1. The Morgan fingerprint density at radius 1 is 1.30 bits per heavy atom. The highest BCUT2D eigenvalue weighted by Gasteiger charge is 2.22. The number of carbonyl (C=O) groups is 1. The van der Waals surface area contributed by atoms with Gasteiger partial charge >= 0.3 is 0 Å². The zero-order valence-corrected chi connectivity index (χ0v) is 12.9. The van der Waals surface area contributed by atoms with Gasteiger partial charge in [-0.2, -0.15) is 0 Å². The van der Waals surface area contributed by atoms with E-state index in [1.165, 1.54) is 18.0 Å². The van der Waals surface area contributed by atoms with Gasteiger partial charge in [-0.25, -0.2) is 0 Å². The first kappa shape index (κ1) is 18.3. The van der Waals surface area contributed by atoms with Crippen molar-refractivity contribution in [3.63, 3.8) is 0 Å². The molecule has 0 unspecified atom stereocenters. The second kappa shape index (κ2) is 8.63. The van der Waals surface area contributed by atoms with Crippen molar-refractivity contribution >= 4 is 23.0 Å². The number of benzene rings is 1. The van der Waals surface area contributed by atoms with Crippen LogP contribution in [0.1, 0.15) is 6.42 Å². The van der Waals surface area contributed by atoms with Gasteiger partial charge in [0.05, 0.1) is 22.5 Å². The first-order valence-corrected chi connectivity index (χ1v) is 6.76. The van der Waals surface area contributed by atoms with Crippen molar-refractivity contribution in [2.24, 2.45) is 0 Å². The zero-order valence-electron chi connectivity index (χ0n) is 12.9. The fraction of sp³-hybridized carbons (Fsp3) is 0.462. The quantitative estimate of drug-likeness (QED) is 0.408. The molecule has 0 spiro atoms. The minimum atomic E-state index is -0.713. The molecule has 0 bridgehead atoms. The minimum absolute atomic E-state index is 0.106. The molecule has 0 aliphatic carbocycles. The Kier molecular flexibility index (Phi) is 6.87. The number of anilines is 1. The summed E-state index contributed by atoms with van der Waals surface area (Å²) in [7, 11) is 3.06. The molecule has 0 aliphatic heterocycles. The van der Waals surface area contributed by atoms with Crippen LogP contribution in [0.25, 0.3) is 0 Å². The maximum Gasteiger partial charge on any atom is 0.299 e. The third-order valence-electron chi connectivity index (χ3n) is 3.01. The molecule has 0 radical (unpaired) electrons. The lowest BCUT2D eigenvalue weighted by molar-refractivity contribution is -0.393. The van der Waals surface area contributed by atoms with Gasteiger partial charge in [-0.05, 0) is 12.5 Å². The van der Waals surface area contributed by atoms with Gasteiger partial charge in [0.2, 0.25) is 5.91 Å². The summed E-state index contributed by atoms with van der Waals surface area (Å²) in [5.41, 5.74) is -0.667. The molecule has 0 saturated heterocycles. The molecule has 0 heterocycles. The van der Waals surface area contributed by atoms with E-state index >= 15 is 0 Å². The van der Waals surface area contributed by atoms with E-state index in [0.717, 1.165) is 12.1 Å². The average Bonchev–Trinajstić information content (AvgIpc) is 2.50. The van der Waals surface area contributed by atoms with Crippen molar-refractivity contribution in [2.75, 3.05) is 38.8 Å². The highest BCUT2D eigenvalue weighted by molar-refractivity contribution is 5.82.